The van der Waals surface area contributed by atoms with E-state index in [0.717, 1.165) is 10.2 Å². The highest BCUT2D eigenvalue weighted by Gasteiger charge is 2.15. The minimum absolute atomic E-state index is 0.0259. The summed E-state index contributed by atoms with van der Waals surface area (Å²) in [5, 5.41) is 0. The van der Waals surface area contributed by atoms with Gasteiger partial charge in [0.25, 0.3) is 0 Å². The number of fused-ring (bicyclic) bond motifs is 1. The Labute approximate surface area is 183 Å². The molecule has 0 radical (unpaired) electrons. The van der Waals surface area contributed by atoms with Crippen LogP contribution in [0.4, 0.5) is 0 Å². The molecule has 0 N–H and O–H groups in total. The molecule has 1 amide bonds. The molecule has 3 rings (SSSR count). The van der Waals surface area contributed by atoms with Crippen molar-refractivity contribution in [1.82, 2.24) is 4.57 Å². The maximum Gasteiger partial charge on any atom is 0.325 e. The first kappa shape index (κ1) is 22.7. The van der Waals surface area contributed by atoms with Gasteiger partial charge in [-0.25, -0.2) is 8.42 Å². The molecule has 0 bridgehead atoms. The fourth-order valence-corrected chi connectivity index (χ4v) is 5.34. The lowest BCUT2D eigenvalue weighted by Crippen LogP contribution is -2.22. The van der Waals surface area contributed by atoms with Crippen molar-refractivity contribution in [2.24, 2.45) is 4.99 Å². The number of hydrogen-bond acceptors (Lipinski definition) is 7. The lowest BCUT2D eigenvalue weighted by molar-refractivity contribution is -0.141. The van der Waals surface area contributed by atoms with Gasteiger partial charge in [0.05, 0.1) is 35.1 Å². The van der Waals surface area contributed by atoms with Crippen LogP contribution in [0.3, 0.4) is 0 Å². The summed E-state index contributed by atoms with van der Waals surface area (Å²) in [6.07, 6.45) is 0.122. The molecule has 0 fully saturated rings. The van der Waals surface area contributed by atoms with Crippen LogP contribution >= 0.6 is 11.3 Å². The second-order valence-corrected chi connectivity index (χ2v) is 9.74. The molecule has 3 aromatic rings. The van der Waals surface area contributed by atoms with Crippen LogP contribution in [-0.2, 0) is 30.7 Å². The van der Waals surface area contributed by atoms with Crippen LogP contribution in [0.5, 0.6) is 5.75 Å². The normalized spacial score (nSPS) is 12.1. The summed E-state index contributed by atoms with van der Waals surface area (Å²) in [5.41, 5.74) is 0.717. The second kappa shape index (κ2) is 9.88. The lowest BCUT2D eigenvalue weighted by atomic mass is 10.3. The number of sulfone groups is 1. The van der Waals surface area contributed by atoms with E-state index < -0.39 is 21.7 Å². The molecule has 0 aliphatic heterocycles. The third kappa shape index (κ3) is 5.59. The molecule has 0 atom stereocenters. The zero-order valence-electron chi connectivity index (χ0n) is 17.1. The SMILES string of the molecule is COC(=O)Cn1c(=NC(=O)CCCS(=O)(=O)c2ccccc2)sc2cc(OC)ccc21. The van der Waals surface area contributed by atoms with Crippen LogP contribution in [0.25, 0.3) is 10.2 Å². The molecule has 0 spiro atoms. The first-order valence-corrected chi connectivity index (χ1v) is 11.9. The molecule has 0 saturated carbocycles. The summed E-state index contributed by atoms with van der Waals surface area (Å²) in [6, 6.07) is 13.4. The van der Waals surface area contributed by atoms with Gasteiger partial charge in [-0.3, -0.25) is 9.59 Å². The van der Waals surface area contributed by atoms with E-state index >= 15 is 0 Å². The number of ether oxygens (including phenoxy) is 2. The van der Waals surface area contributed by atoms with E-state index in [1.807, 2.05) is 0 Å². The van der Waals surface area contributed by atoms with E-state index in [1.54, 1.807) is 48.1 Å². The maximum atomic E-state index is 12.4. The number of hydrogen-bond donors (Lipinski definition) is 0. The predicted octanol–water partition coefficient (Wildman–Crippen LogP) is 2.57. The van der Waals surface area contributed by atoms with E-state index in [-0.39, 0.29) is 30.0 Å². The maximum absolute atomic E-state index is 12.4. The third-order valence-electron chi connectivity index (χ3n) is 4.53. The smallest absolute Gasteiger partial charge is 0.325 e. The number of carbonyl (C=O) groups excluding carboxylic acids is 2. The average Bonchev–Trinajstić information content (AvgIpc) is 3.09. The first-order chi connectivity index (χ1) is 14.8. The van der Waals surface area contributed by atoms with Crippen molar-refractivity contribution in [2.45, 2.75) is 24.3 Å². The van der Waals surface area contributed by atoms with Crippen molar-refractivity contribution < 1.29 is 27.5 Å². The Morgan fingerprint density at radius 3 is 2.52 bits per heavy atom. The number of aromatic nitrogens is 1. The highest BCUT2D eigenvalue weighted by atomic mass is 32.2. The van der Waals surface area contributed by atoms with Crippen LogP contribution < -0.4 is 9.54 Å². The molecule has 0 saturated heterocycles. The van der Waals surface area contributed by atoms with Crippen molar-refractivity contribution >= 4 is 43.3 Å². The summed E-state index contributed by atoms with van der Waals surface area (Å²) in [6.45, 7) is -0.0999. The number of methoxy groups -OCH3 is 2. The molecular formula is C21H22N2O6S2. The van der Waals surface area contributed by atoms with Gasteiger partial charge in [-0.15, -0.1) is 0 Å². The van der Waals surface area contributed by atoms with Gasteiger partial charge in [0.2, 0.25) is 5.91 Å². The Morgan fingerprint density at radius 1 is 1.10 bits per heavy atom. The van der Waals surface area contributed by atoms with Gasteiger partial charge in [0.1, 0.15) is 12.3 Å². The minimum Gasteiger partial charge on any atom is -0.497 e. The quantitative estimate of drug-likeness (QED) is 0.477. The number of amides is 1. The molecular weight excluding hydrogens is 440 g/mol. The summed E-state index contributed by atoms with van der Waals surface area (Å²) in [5.74, 6) is -0.439. The van der Waals surface area contributed by atoms with E-state index in [9.17, 15) is 18.0 Å². The van der Waals surface area contributed by atoms with Crippen LogP contribution in [-0.4, -0.2) is 44.8 Å². The number of esters is 1. The van der Waals surface area contributed by atoms with Gasteiger partial charge in [0.15, 0.2) is 14.6 Å². The number of nitrogens with zero attached hydrogens (tertiary/aromatic N) is 2. The minimum atomic E-state index is -3.46. The van der Waals surface area contributed by atoms with Gasteiger partial charge in [0, 0.05) is 6.42 Å². The molecule has 2 aromatic carbocycles. The highest BCUT2D eigenvalue weighted by Crippen LogP contribution is 2.23. The summed E-state index contributed by atoms with van der Waals surface area (Å²) in [4.78, 5) is 29.0. The molecule has 1 heterocycles. The summed E-state index contributed by atoms with van der Waals surface area (Å²) < 4.78 is 37.1. The molecule has 0 aliphatic rings. The predicted molar refractivity (Wildman–Crippen MR) is 117 cm³/mol. The standard InChI is InChI=1S/C21H22N2O6S2/c1-28-15-10-11-17-18(13-15)30-21(23(17)14-20(25)29-2)22-19(24)9-6-12-31(26,27)16-7-4-3-5-8-16/h3-5,7-8,10-11,13H,6,9,12,14H2,1-2H3. The Balaban J connectivity index is 1.81. The Morgan fingerprint density at radius 2 is 1.84 bits per heavy atom. The number of carbonyl (C=O) groups is 2. The molecule has 1 aromatic heterocycles. The topological polar surface area (TPSA) is 104 Å². The van der Waals surface area contributed by atoms with E-state index in [2.05, 4.69) is 4.99 Å². The van der Waals surface area contributed by atoms with Crippen molar-refractivity contribution in [2.75, 3.05) is 20.0 Å². The number of rotatable bonds is 8. The highest BCUT2D eigenvalue weighted by molar-refractivity contribution is 7.91. The van der Waals surface area contributed by atoms with Crippen LogP contribution in [0, 0.1) is 0 Å². The Kier molecular flexibility index (Phi) is 7.24. The molecule has 10 heteroatoms. The fraction of sp³-hybridized carbons (Fsp3) is 0.286. The Bertz CT molecular complexity index is 1260. The fourth-order valence-electron chi connectivity index (χ4n) is 2.93. The van der Waals surface area contributed by atoms with Gasteiger partial charge in [-0.1, -0.05) is 29.5 Å². The van der Waals surface area contributed by atoms with Crippen molar-refractivity contribution in [3.8, 4) is 5.75 Å². The largest absolute Gasteiger partial charge is 0.497 e. The molecule has 31 heavy (non-hydrogen) atoms. The van der Waals surface area contributed by atoms with E-state index in [1.165, 1.54) is 30.6 Å². The van der Waals surface area contributed by atoms with Gasteiger partial charge < -0.3 is 14.0 Å². The van der Waals surface area contributed by atoms with Crippen molar-refractivity contribution in [3.05, 3.63) is 53.3 Å². The molecule has 0 unspecified atom stereocenters. The van der Waals surface area contributed by atoms with Crippen LogP contribution in [0.2, 0.25) is 0 Å². The van der Waals surface area contributed by atoms with E-state index in [0.29, 0.717) is 10.6 Å². The zero-order chi connectivity index (χ0) is 22.4. The summed E-state index contributed by atoms with van der Waals surface area (Å²) >= 11 is 1.24. The summed E-state index contributed by atoms with van der Waals surface area (Å²) in [7, 11) is -0.618. The van der Waals surface area contributed by atoms with Crippen molar-refractivity contribution in [3.63, 3.8) is 0 Å². The second-order valence-electron chi connectivity index (χ2n) is 6.62. The number of benzene rings is 2. The first-order valence-electron chi connectivity index (χ1n) is 9.43. The molecule has 8 nitrogen and oxygen atoms in total. The monoisotopic (exact) mass is 462 g/mol. The van der Waals surface area contributed by atoms with E-state index in [4.69, 9.17) is 9.47 Å². The van der Waals surface area contributed by atoms with Crippen molar-refractivity contribution in [1.29, 1.82) is 0 Å². The number of thiazole rings is 1. The van der Waals surface area contributed by atoms with Gasteiger partial charge >= 0.3 is 5.97 Å². The molecule has 0 aliphatic carbocycles. The molecule has 164 valence electrons. The average molecular weight is 463 g/mol. The lowest BCUT2D eigenvalue weighted by Gasteiger charge is -2.05. The van der Waals surface area contributed by atoms with Crippen LogP contribution in [0.1, 0.15) is 12.8 Å². The van der Waals surface area contributed by atoms with Crippen LogP contribution in [0.15, 0.2) is 58.4 Å². The van der Waals surface area contributed by atoms with Gasteiger partial charge in [-0.05, 0) is 36.8 Å². The third-order valence-corrected chi connectivity index (χ3v) is 7.39. The zero-order valence-corrected chi connectivity index (χ0v) is 18.7. The van der Waals surface area contributed by atoms with Gasteiger partial charge in [-0.2, -0.15) is 4.99 Å². The Hall–Kier alpha value is -2.98.